The zero-order valence-electron chi connectivity index (χ0n) is 20.8. The van der Waals surface area contributed by atoms with Crippen LogP contribution in [-0.4, -0.2) is 29.5 Å². The number of oxazole rings is 1. The van der Waals surface area contributed by atoms with Crippen molar-refractivity contribution in [1.29, 1.82) is 0 Å². The molecule has 0 radical (unpaired) electrons. The Morgan fingerprint density at radius 3 is 2.03 bits per heavy atom. The van der Waals surface area contributed by atoms with Gasteiger partial charge in [-0.15, -0.1) is 0 Å². The van der Waals surface area contributed by atoms with E-state index in [1.807, 2.05) is 42.5 Å². The van der Waals surface area contributed by atoms with Crippen LogP contribution in [0.15, 0.2) is 59.0 Å². The molecule has 2 aromatic carbocycles. The van der Waals surface area contributed by atoms with Gasteiger partial charge in [-0.1, -0.05) is 69.8 Å². The molecule has 3 aromatic rings. The minimum absolute atomic E-state index is 0.0496. The molecule has 0 saturated heterocycles. The Morgan fingerprint density at radius 1 is 1.00 bits per heavy atom. The van der Waals surface area contributed by atoms with Crippen molar-refractivity contribution in [2.75, 3.05) is 0 Å². The first-order chi connectivity index (χ1) is 15.8. The van der Waals surface area contributed by atoms with Gasteiger partial charge in [-0.25, -0.2) is 4.98 Å². The van der Waals surface area contributed by atoms with Gasteiger partial charge in [-0.2, -0.15) is 0 Å². The third kappa shape index (κ3) is 5.51. The van der Waals surface area contributed by atoms with Gasteiger partial charge in [0, 0.05) is 17.7 Å². The van der Waals surface area contributed by atoms with Gasteiger partial charge in [-0.05, 0) is 54.7 Å². The van der Waals surface area contributed by atoms with E-state index in [9.17, 15) is 10.1 Å². The highest BCUT2D eigenvalue weighted by atomic mass is 32.4. The number of nitro benzene ring substituents is 1. The molecule has 0 aliphatic rings. The van der Waals surface area contributed by atoms with Crippen LogP contribution in [0.3, 0.4) is 0 Å². The molecule has 0 N–H and O–H groups in total. The number of aromatic nitrogens is 1. The highest BCUT2D eigenvalue weighted by Crippen LogP contribution is 2.69. The van der Waals surface area contributed by atoms with Gasteiger partial charge in [0.25, 0.3) is 11.6 Å². The molecule has 1 heterocycles. The first-order valence-electron chi connectivity index (χ1n) is 11.4. The van der Waals surface area contributed by atoms with Crippen molar-refractivity contribution < 1.29 is 13.8 Å². The summed E-state index contributed by atoms with van der Waals surface area (Å²) in [4.78, 5) is 15.9. The quantitative estimate of drug-likeness (QED) is 0.125. The maximum atomic E-state index is 11.3. The summed E-state index contributed by atoms with van der Waals surface area (Å²) in [6.45, 7) is 15.0. The number of nitro groups is 1. The summed E-state index contributed by atoms with van der Waals surface area (Å²) in [7, 11) is -2.05. The Kier molecular flexibility index (Phi) is 7.85. The fourth-order valence-corrected chi connectivity index (χ4v) is 9.03. The number of hydrogen-bond acceptors (Lipinski definition) is 6. The lowest BCUT2D eigenvalue weighted by atomic mass is 10.1. The van der Waals surface area contributed by atoms with Gasteiger partial charge in [0.05, 0.1) is 10.6 Å². The molecule has 34 heavy (non-hydrogen) atoms. The summed E-state index contributed by atoms with van der Waals surface area (Å²) in [6, 6.07) is 14.3. The van der Waals surface area contributed by atoms with Crippen molar-refractivity contribution in [3.63, 3.8) is 0 Å². The normalized spacial score (nSPS) is 13.3. The van der Waals surface area contributed by atoms with Gasteiger partial charge in [0.15, 0.2) is 0 Å². The van der Waals surface area contributed by atoms with Gasteiger partial charge in [-0.3, -0.25) is 10.1 Å². The number of rotatable bonds is 9. The van der Waals surface area contributed by atoms with E-state index in [1.165, 1.54) is 0 Å². The first-order valence-corrected chi connectivity index (χ1v) is 17.8. The molecule has 9 heteroatoms. The molecule has 6 nitrogen and oxygen atoms in total. The maximum absolute atomic E-state index is 11.3. The van der Waals surface area contributed by atoms with Gasteiger partial charge < -0.3 is 8.84 Å². The van der Waals surface area contributed by atoms with Crippen LogP contribution < -0.4 is 4.43 Å². The third-order valence-electron chi connectivity index (χ3n) is 5.74. The smallest absolute Gasteiger partial charge is 0.296 e. The number of benzene rings is 2. The molecule has 0 fully saturated rings. The molecule has 0 saturated carbocycles. The van der Waals surface area contributed by atoms with E-state index < -0.39 is 14.4 Å². The second-order valence-electron chi connectivity index (χ2n) is 9.97. The summed E-state index contributed by atoms with van der Waals surface area (Å²) in [5.74, 6) is 0.904. The van der Waals surface area contributed by atoms with Crippen molar-refractivity contribution in [2.45, 2.75) is 64.3 Å². The van der Waals surface area contributed by atoms with Crippen LogP contribution in [0, 0.1) is 10.1 Å². The Hall–Kier alpha value is -2.28. The lowest BCUT2D eigenvalue weighted by Crippen LogP contribution is -2.30. The molecule has 1 aromatic heterocycles. The average molecular weight is 517 g/mol. The number of hydrogen-bond donors (Lipinski definition) is 0. The maximum Gasteiger partial charge on any atom is 0.296 e. The van der Waals surface area contributed by atoms with Crippen LogP contribution in [0.1, 0.15) is 44.6 Å². The van der Waals surface area contributed by atoms with Gasteiger partial charge >= 0.3 is 0 Å². The van der Waals surface area contributed by atoms with Crippen LogP contribution in [0.2, 0.25) is 19.6 Å². The van der Waals surface area contributed by atoms with Crippen LogP contribution >= 0.6 is 6.04 Å². The summed E-state index contributed by atoms with van der Waals surface area (Å²) < 4.78 is 12.7. The predicted octanol–water partition coefficient (Wildman–Crippen LogP) is 7.85. The number of nitrogens with zero attached hydrogens (tertiary/aromatic N) is 2. The minimum atomic E-state index is -2.15. The Balaban J connectivity index is 2.31. The molecule has 0 spiro atoms. The van der Waals surface area contributed by atoms with Crippen LogP contribution in [-0.2, 0) is 11.8 Å². The fourth-order valence-electron chi connectivity index (χ4n) is 4.10. The van der Waals surface area contributed by atoms with Crippen molar-refractivity contribution in [3.05, 3.63) is 76.0 Å². The molecular weight excluding hydrogens is 483 g/mol. The average Bonchev–Trinajstić information content (AvgIpc) is 3.16. The van der Waals surface area contributed by atoms with E-state index in [2.05, 4.69) is 47.3 Å². The molecule has 0 bridgehead atoms. The lowest BCUT2D eigenvalue weighted by molar-refractivity contribution is -0.384. The fraction of sp³-hybridized carbons (Fsp3) is 0.400. The first kappa shape index (κ1) is 26.3. The third-order valence-corrected chi connectivity index (χ3v) is 14.3. The van der Waals surface area contributed by atoms with Crippen molar-refractivity contribution in [1.82, 2.24) is 4.98 Å². The standard InChI is InChI=1S/C25H33N2O4PSSi/c1-17(2)32(33,18(3)4)23(19-13-15-21(16-14-19)27(28)29)22-25(31-34(5,6)7)30-24(26-22)20-11-9-8-10-12-20/h8-18,23H,1-7H3. The number of non-ortho nitro benzene ring substituents is 1. The van der Waals surface area contributed by atoms with Crippen molar-refractivity contribution in [3.8, 4) is 17.4 Å². The Bertz CT molecular complexity index is 1180. The Morgan fingerprint density at radius 2 is 1.56 bits per heavy atom. The second-order valence-corrected chi connectivity index (χ2v) is 20.4. The van der Waals surface area contributed by atoms with Crippen molar-refractivity contribution >= 4 is 31.8 Å². The van der Waals surface area contributed by atoms with Gasteiger partial charge in [0.2, 0.25) is 14.2 Å². The highest BCUT2D eigenvalue weighted by Gasteiger charge is 2.41. The second kappa shape index (κ2) is 10.1. The zero-order chi connectivity index (χ0) is 25.3. The van der Waals surface area contributed by atoms with Crippen LogP contribution in [0.25, 0.3) is 11.5 Å². The predicted molar refractivity (Wildman–Crippen MR) is 145 cm³/mol. The molecule has 182 valence electrons. The summed E-state index contributed by atoms with van der Waals surface area (Å²) >= 11 is 6.50. The van der Waals surface area contributed by atoms with Crippen LogP contribution in [0.4, 0.5) is 5.69 Å². The largest absolute Gasteiger partial charge is 0.518 e. The molecular formula is C25H33N2O4PSSi. The minimum Gasteiger partial charge on any atom is -0.518 e. The van der Waals surface area contributed by atoms with E-state index in [0.29, 0.717) is 17.5 Å². The zero-order valence-corrected chi connectivity index (χ0v) is 23.5. The monoisotopic (exact) mass is 516 g/mol. The molecule has 1 unspecified atom stereocenters. The van der Waals surface area contributed by atoms with E-state index >= 15 is 0 Å². The molecule has 3 rings (SSSR count). The van der Waals surface area contributed by atoms with E-state index in [0.717, 1.165) is 11.1 Å². The topological polar surface area (TPSA) is 78.4 Å². The highest BCUT2D eigenvalue weighted by molar-refractivity contribution is 8.15. The lowest BCUT2D eigenvalue weighted by Gasteiger charge is -2.37. The van der Waals surface area contributed by atoms with Crippen molar-refractivity contribution in [2.24, 2.45) is 0 Å². The van der Waals surface area contributed by atoms with E-state index in [4.69, 9.17) is 25.6 Å². The molecule has 1 atom stereocenters. The Labute approximate surface area is 208 Å². The summed E-state index contributed by atoms with van der Waals surface area (Å²) in [5.41, 5.74) is 2.70. The summed E-state index contributed by atoms with van der Waals surface area (Å²) in [5, 5.41) is 11.3. The van der Waals surface area contributed by atoms with E-state index in [1.54, 1.807) is 12.1 Å². The van der Waals surface area contributed by atoms with E-state index in [-0.39, 0.29) is 27.6 Å². The molecule has 0 aliphatic heterocycles. The molecule has 0 aliphatic carbocycles. The van der Waals surface area contributed by atoms with Gasteiger partial charge in [0.1, 0.15) is 5.69 Å². The van der Waals surface area contributed by atoms with Crippen LogP contribution in [0.5, 0.6) is 5.95 Å². The SMILES string of the molecule is CC(C)P(=S)(C(C)C)C(c1ccc([N+](=O)[O-])cc1)c1nc(-c2ccccc2)oc1O[Si](C)(C)C. The summed E-state index contributed by atoms with van der Waals surface area (Å²) in [6.07, 6.45) is 0. The molecule has 0 amide bonds.